The first-order valence-electron chi connectivity index (χ1n) is 24.7. The van der Waals surface area contributed by atoms with Gasteiger partial charge in [-0.15, -0.1) is 0 Å². The molecule has 7 heterocycles. The van der Waals surface area contributed by atoms with Crippen molar-refractivity contribution in [1.82, 2.24) is 0 Å². The first-order chi connectivity index (χ1) is 37.4. The molecule has 0 amide bonds. The van der Waals surface area contributed by atoms with Crippen LogP contribution in [0.15, 0.2) is 0 Å². The summed E-state index contributed by atoms with van der Waals surface area (Å²) in [5, 5.41) is 246. The van der Waals surface area contributed by atoms with Crippen molar-refractivity contribution in [2.24, 2.45) is 0 Å². The van der Waals surface area contributed by atoms with Crippen molar-refractivity contribution in [2.75, 3.05) is 39.6 Å². The van der Waals surface area contributed by atoms with Crippen LogP contribution < -0.4 is 0 Å². The summed E-state index contributed by atoms with van der Waals surface area (Å²) in [6, 6.07) is 0. The molecule has 37 nitrogen and oxygen atoms in total. The van der Waals surface area contributed by atoms with Gasteiger partial charge in [-0.1, -0.05) is 0 Å². The minimum absolute atomic E-state index is 0.984. The molecule has 0 aromatic carbocycles. The van der Waals surface area contributed by atoms with Gasteiger partial charge in [0.25, 0.3) is 0 Å². The van der Waals surface area contributed by atoms with Crippen LogP contribution in [0.2, 0.25) is 0 Å². The van der Waals surface area contributed by atoms with Crippen LogP contribution in [0.3, 0.4) is 0 Å². The molecule has 0 aromatic heterocycles. The molecule has 79 heavy (non-hydrogen) atoms. The van der Waals surface area contributed by atoms with Crippen molar-refractivity contribution >= 4 is 5.97 Å². The Bertz CT molecular complexity index is 1890. The van der Waals surface area contributed by atoms with Crippen LogP contribution in [0.4, 0.5) is 0 Å². The van der Waals surface area contributed by atoms with Crippen LogP contribution in [0.25, 0.3) is 0 Å². The zero-order valence-corrected chi connectivity index (χ0v) is 41.0. The van der Waals surface area contributed by atoms with Crippen molar-refractivity contribution in [3.63, 3.8) is 0 Å². The zero-order valence-electron chi connectivity index (χ0n) is 41.0. The van der Waals surface area contributed by atoms with Gasteiger partial charge in [0.2, 0.25) is 0 Å². The number of ether oxygens (including phenoxy) is 13. The van der Waals surface area contributed by atoms with Crippen molar-refractivity contribution in [3.05, 3.63) is 0 Å². The van der Waals surface area contributed by atoms with E-state index >= 15 is 0 Å². The van der Waals surface area contributed by atoms with Gasteiger partial charge in [0.15, 0.2) is 50.1 Å². The maximum Gasteiger partial charge on any atom is 0.335 e. The summed E-state index contributed by atoms with van der Waals surface area (Å²) in [7, 11) is 0. The monoisotopic (exact) mass is 1170 g/mol. The van der Waals surface area contributed by atoms with E-state index in [2.05, 4.69) is 0 Å². The highest BCUT2D eigenvalue weighted by molar-refractivity contribution is 5.73. The molecule has 7 saturated heterocycles. The summed E-state index contributed by atoms with van der Waals surface area (Å²) >= 11 is 0. The lowest BCUT2D eigenvalue weighted by atomic mass is 9.94. The lowest BCUT2D eigenvalue weighted by molar-refractivity contribution is -0.418. The molecule has 0 unspecified atom stereocenters. The molecule has 23 N–H and O–H groups in total. The molecular weight excluding hydrogens is 1100 g/mol. The Morgan fingerprint density at radius 1 is 0.266 bits per heavy atom. The Balaban J connectivity index is 1.29. The molecule has 0 radical (unpaired) electrons. The fourth-order valence-electron chi connectivity index (χ4n) is 9.90. The molecule has 0 bridgehead atoms. The topological polar surface area (TPSA) is 602 Å². The van der Waals surface area contributed by atoms with Gasteiger partial charge >= 0.3 is 5.97 Å². The normalized spacial score (nSPS) is 52.9. The second kappa shape index (κ2) is 27.4. The molecule has 7 aliphatic heterocycles. The first-order valence-corrected chi connectivity index (χ1v) is 24.7. The largest absolute Gasteiger partial charge is 0.479 e. The third kappa shape index (κ3) is 13.2. The molecule has 7 fully saturated rings. The maximum atomic E-state index is 13.2. The van der Waals surface area contributed by atoms with Crippen LogP contribution in [-0.2, 0) is 66.4 Å². The lowest BCUT2D eigenvalue weighted by Gasteiger charge is -2.52. The number of hydrogen-bond donors (Lipinski definition) is 23. The number of aliphatic carboxylic acids is 1. The Morgan fingerprint density at radius 2 is 0.519 bits per heavy atom. The van der Waals surface area contributed by atoms with Gasteiger partial charge in [-0.2, -0.15) is 0 Å². The molecule has 0 aliphatic carbocycles. The molecular formula is C42H70O37. The molecule has 7 rings (SSSR count). The summed E-state index contributed by atoms with van der Waals surface area (Å²) < 4.78 is 73.9. The Hall–Kier alpha value is -1.93. The zero-order chi connectivity index (χ0) is 58.2. The highest BCUT2D eigenvalue weighted by atomic mass is 16.8. The van der Waals surface area contributed by atoms with E-state index in [1.165, 1.54) is 0 Å². The third-order valence-electron chi connectivity index (χ3n) is 14.5. The molecule has 0 aromatic rings. The van der Waals surface area contributed by atoms with Gasteiger partial charge in [0.05, 0.1) is 39.6 Å². The second-order valence-electron chi connectivity index (χ2n) is 19.6. The first kappa shape index (κ1) is 64.6. The number of hydrogen-bond acceptors (Lipinski definition) is 36. The fraction of sp³-hybridized carbons (Fsp3) is 0.976. The average Bonchev–Trinajstić information content (AvgIpc) is 3.47. The van der Waals surface area contributed by atoms with Gasteiger partial charge < -0.3 is 179 Å². The summed E-state index contributed by atoms with van der Waals surface area (Å²) in [6.07, 6.45) is -76.8. The number of carboxylic acid groups (broad SMARTS) is 1. The van der Waals surface area contributed by atoms with E-state index in [9.17, 15) is 122 Å². The molecule has 0 saturated carbocycles. The van der Waals surface area contributed by atoms with Gasteiger partial charge in [-0.25, -0.2) is 4.79 Å². The van der Waals surface area contributed by atoms with Crippen molar-refractivity contribution in [2.45, 2.75) is 215 Å². The van der Waals surface area contributed by atoms with E-state index in [0.717, 1.165) is 0 Å². The molecule has 0 spiro atoms. The van der Waals surface area contributed by atoms with Crippen LogP contribution in [0.1, 0.15) is 0 Å². The highest BCUT2D eigenvalue weighted by Gasteiger charge is 2.61. The maximum absolute atomic E-state index is 13.2. The highest BCUT2D eigenvalue weighted by Crippen LogP contribution is 2.40. The Labute approximate surface area is 444 Å². The molecule has 460 valence electrons. The predicted molar refractivity (Wildman–Crippen MR) is 232 cm³/mol. The van der Waals surface area contributed by atoms with E-state index in [1.807, 2.05) is 0 Å². The number of aliphatic hydroxyl groups is 22. The van der Waals surface area contributed by atoms with Gasteiger partial charge in [-0.3, -0.25) is 0 Å². The number of carboxylic acids is 1. The van der Waals surface area contributed by atoms with Gasteiger partial charge in [0.1, 0.15) is 165 Å². The number of carbonyl (C=O) groups is 1. The smallest absolute Gasteiger partial charge is 0.335 e. The second-order valence-corrected chi connectivity index (χ2v) is 19.6. The minimum Gasteiger partial charge on any atom is -0.479 e. The molecule has 7 aliphatic rings. The lowest BCUT2D eigenvalue weighted by Crippen LogP contribution is -2.70. The number of rotatable bonds is 19. The van der Waals surface area contributed by atoms with Crippen LogP contribution in [-0.4, -0.2) is 378 Å². The van der Waals surface area contributed by atoms with Crippen molar-refractivity contribution in [3.8, 4) is 0 Å². The fourth-order valence-corrected chi connectivity index (χ4v) is 9.90. The van der Waals surface area contributed by atoms with Gasteiger partial charge in [-0.05, 0) is 0 Å². The van der Waals surface area contributed by atoms with E-state index in [0.29, 0.717) is 0 Å². The van der Waals surface area contributed by atoms with Crippen molar-refractivity contribution < 1.29 is 184 Å². The predicted octanol–water partition coefficient (Wildman–Crippen LogP) is -16.2. The Kier molecular flexibility index (Phi) is 22.4. The third-order valence-corrected chi connectivity index (χ3v) is 14.5. The standard InChI is InChI=1S/C42H70O37/c43-1-7-13(49)19(55)23(59)37(68-7)74-30-27(63)41(77-32(35(64)65)31(30)76-38-24(60)20(56)14(50)8(2-44)69-38)73-29-18(54)12(6-48)72-42(34(29)79-40-26(62)22(58)16(52)10(4-46)71-40)75-28-17(53)11(5-47)67-36(66)33(28)78-39-25(61)21(57)15(51)9(3-45)70-39/h7-34,36-63,66H,1-6H2,(H,64,65)/t7-,8-,9-,10-,11-,12-,13-,14-,15-,16-,17-,18+,19+,20+,21+,22+,23-,24-,25-,26-,27-,28+,29+,30-,31+,32+,33+,34-,36+,37+,38-,39+,40+,41-,42-/m1/s1. The quantitative estimate of drug-likeness (QED) is 0.0571. The molecule has 37 heteroatoms. The molecule has 35 atom stereocenters. The van der Waals surface area contributed by atoms with Gasteiger partial charge in [0, 0.05) is 0 Å². The van der Waals surface area contributed by atoms with E-state index in [4.69, 9.17) is 61.6 Å². The summed E-state index contributed by atoms with van der Waals surface area (Å²) in [4.78, 5) is 13.2. The van der Waals surface area contributed by atoms with E-state index in [-0.39, 0.29) is 0 Å². The Morgan fingerprint density at radius 3 is 0.873 bits per heavy atom. The van der Waals surface area contributed by atoms with Crippen molar-refractivity contribution in [1.29, 1.82) is 0 Å². The van der Waals surface area contributed by atoms with E-state index < -0.39 is 261 Å². The number of aliphatic hydroxyl groups excluding tert-OH is 22. The van der Waals surface area contributed by atoms with E-state index in [1.54, 1.807) is 0 Å². The SMILES string of the molecule is O=C(O)[C@H]1O[C@@H](O[C@H]2[C@@H](O)[C@@H](CO)O[C@H](O[C@H]3[C@H](O)[C@@H](CO)O[C@H](O)[C@H]3O[C@@H]3O[C@H](CO)[C@@H](O)[C@H](O)[C@H]3O)[C@@H]2O[C@@H]2O[C@H](CO)[C@@H](O)[C@H](O)[C@H]2O)[C@H](O)[C@@H](O[C@@H]2O[C@H](CO)[C@@H](O)[C@H](O)[C@H]2O)[C@@H]1O[C@H]1O[C@H](CO)[C@@H](O)[C@H](O)[C@H]1O. The summed E-state index contributed by atoms with van der Waals surface area (Å²) in [5.74, 6) is -2.07. The minimum atomic E-state index is -2.64. The summed E-state index contributed by atoms with van der Waals surface area (Å²) in [5.41, 5.74) is 0. The summed E-state index contributed by atoms with van der Waals surface area (Å²) in [6.45, 7) is -6.51. The van der Waals surface area contributed by atoms with Crippen LogP contribution >= 0.6 is 0 Å². The van der Waals surface area contributed by atoms with Crippen LogP contribution in [0.5, 0.6) is 0 Å². The van der Waals surface area contributed by atoms with Crippen LogP contribution in [0, 0.1) is 0 Å². The average molecular weight is 1170 g/mol.